The van der Waals surface area contributed by atoms with Crippen molar-refractivity contribution in [2.24, 2.45) is 0 Å². The van der Waals surface area contributed by atoms with Crippen molar-refractivity contribution in [2.45, 2.75) is 45.2 Å². The van der Waals surface area contributed by atoms with Crippen molar-refractivity contribution in [3.63, 3.8) is 0 Å². The summed E-state index contributed by atoms with van der Waals surface area (Å²) < 4.78 is 0. The van der Waals surface area contributed by atoms with Crippen LogP contribution in [0, 0.1) is 0 Å². The van der Waals surface area contributed by atoms with E-state index in [9.17, 15) is 0 Å². The number of nitrogens with one attached hydrogen (secondary N) is 1. The predicted molar refractivity (Wildman–Crippen MR) is 90.0 cm³/mol. The molecule has 3 nitrogen and oxygen atoms in total. The average Bonchev–Trinajstić information content (AvgIpc) is 3.00. The van der Waals surface area contributed by atoms with E-state index < -0.39 is 0 Å². The highest BCUT2D eigenvalue weighted by Crippen LogP contribution is 2.31. The number of para-hydroxylation sites is 1. The maximum absolute atomic E-state index is 3.64. The molecule has 0 amide bonds. The molecule has 3 heteroatoms. The second kappa shape index (κ2) is 6.80. The van der Waals surface area contributed by atoms with Gasteiger partial charge in [-0.3, -0.25) is 4.90 Å². The summed E-state index contributed by atoms with van der Waals surface area (Å²) in [6, 6.07) is 10.3. The molecule has 2 saturated heterocycles. The Balaban J connectivity index is 1.81. The standard InChI is InChI=1S/C18H29N3/c1-3-17(19-4-2)16-9-5-6-10-18(16)21-13-12-20-11-7-8-15(20)14-21/h5-6,9-10,15,17,19H,3-4,7-8,11-14H2,1-2H3. The molecular weight excluding hydrogens is 258 g/mol. The van der Waals surface area contributed by atoms with Gasteiger partial charge in [-0.05, 0) is 44.0 Å². The third-order valence-electron chi connectivity index (χ3n) is 5.10. The number of hydrogen-bond donors (Lipinski definition) is 1. The van der Waals surface area contributed by atoms with Crippen molar-refractivity contribution in [2.75, 3.05) is 37.6 Å². The maximum atomic E-state index is 3.64. The van der Waals surface area contributed by atoms with Crippen molar-refractivity contribution in [1.82, 2.24) is 10.2 Å². The lowest BCUT2D eigenvalue weighted by atomic mass is 10.00. The molecule has 116 valence electrons. The van der Waals surface area contributed by atoms with Gasteiger partial charge >= 0.3 is 0 Å². The van der Waals surface area contributed by atoms with E-state index >= 15 is 0 Å². The summed E-state index contributed by atoms with van der Waals surface area (Å²) in [7, 11) is 0. The molecule has 2 heterocycles. The number of nitrogens with zero attached hydrogens (tertiary/aromatic N) is 2. The van der Waals surface area contributed by atoms with Gasteiger partial charge in [0.05, 0.1) is 0 Å². The van der Waals surface area contributed by atoms with Gasteiger partial charge in [0.1, 0.15) is 0 Å². The lowest BCUT2D eigenvalue weighted by Crippen LogP contribution is -2.50. The van der Waals surface area contributed by atoms with Crippen LogP contribution in [0.2, 0.25) is 0 Å². The zero-order valence-electron chi connectivity index (χ0n) is 13.5. The fraction of sp³-hybridized carbons (Fsp3) is 0.667. The number of anilines is 1. The molecule has 1 aromatic carbocycles. The van der Waals surface area contributed by atoms with Crippen LogP contribution < -0.4 is 10.2 Å². The minimum absolute atomic E-state index is 0.479. The van der Waals surface area contributed by atoms with Gasteiger partial charge in [0.15, 0.2) is 0 Å². The van der Waals surface area contributed by atoms with Crippen LogP contribution in [-0.2, 0) is 0 Å². The van der Waals surface area contributed by atoms with E-state index in [0.717, 1.165) is 19.0 Å². The van der Waals surface area contributed by atoms with Crippen molar-refractivity contribution >= 4 is 5.69 Å². The summed E-state index contributed by atoms with van der Waals surface area (Å²) in [4.78, 5) is 5.31. The second-order valence-corrected chi connectivity index (χ2v) is 6.36. The first-order valence-corrected chi connectivity index (χ1v) is 8.64. The quantitative estimate of drug-likeness (QED) is 0.898. The average molecular weight is 287 g/mol. The SMILES string of the molecule is CCNC(CC)c1ccccc1N1CCN2CCCC2C1. The summed E-state index contributed by atoms with van der Waals surface area (Å²) >= 11 is 0. The van der Waals surface area contributed by atoms with Crippen molar-refractivity contribution in [3.05, 3.63) is 29.8 Å². The molecule has 3 rings (SSSR count). The monoisotopic (exact) mass is 287 g/mol. The zero-order valence-corrected chi connectivity index (χ0v) is 13.5. The molecule has 1 aromatic rings. The Morgan fingerprint density at radius 2 is 2.05 bits per heavy atom. The first-order chi connectivity index (χ1) is 10.3. The first kappa shape index (κ1) is 14.9. The highest BCUT2D eigenvalue weighted by molar-refractivity contribution is 5.55. The Morgan fingerprint density at radius 1 is 1.19 bits per heavy atom. The van der Waals surface area contributed by atoms with Gasteiger partial charge in [0.25, 0.3) is 0 Å². The van der Waals surface area contributed by atoms with Crippen LogP contribution in [0.1, 0.15) is 44.7 Å². The van der Waals surface area contributed by atoms with Crippen LogP contribution in [0.15, 0.2) is 24.3 Å². The minimum Gasteiger partial charge on any atom is -0.368 e. The molecule has 2 fully saturated rings. The topological polar surface area (TPSA) is 18.5 Å². The maximum Gasteiger partial charge on any atom is 0.0415 e. The molecule has 0 bridgehead atoms. The second-order valence-electron chi connectivity index (χ2n) is 6.36. The minimum atomic E-state index is 0.479. The van der Waals surface area contributed by atoms with Gasteiger partial charge in [-0.15, -0.1) is 0 Å². The summed E-state index contributed by atoms with van der Waals surface area (Å²) in [6.07, 6.45) is 3.91. The number of piperazine rings is 1. The van der Waals surface area contributed by atoms with E-state index in [1.807, 2.05) is 0 Å². The van der Waals surface area contributed by atoms with Crippen LogP contribution in [-0.4, -0.2) is 43.7 Å². The molecule has 0 saturated carbocycles. The van der Waals surface area contributed by atoms with Crippen molar-refractivity contribution < 1.29 is 0 Å². The fourth-order valence-corrected chi connectivity index (χ4v) is 4.00. The van der Waals surface area contributed by atoms with Crippen LogP contribution in [0.3, 0.4) is 0 Å². The molecule has 1 N–H and O–H groups in total. The Morgan fingerprint density at radius 3 is 2.86 bits per heavy atom. The van der Waals surface area contributed by atoms with Crippen molar-refractivity contribution in [3.8, 4) is 0 Å². The third kappa shape index (κ3) is 3.09. The molecule has 21 heavy (non-hydrogen) atoms. The molecule has 2 atom stereocenters. The predicted octanol–water partition coefficient (Wildman–Crippen LogP) is 3.03. The Hall–Kier alpha value is -1.06. The van der Waals surface area contributed by atoms with Crippen molar-refractivity contribution in [1.29, 1.82) is 0 Å². The third-order valence-corrected chi connectivity index (χ3v) is 5.10. The number of benzene rings is 1. The summed E-state index contributed by atoms with van der Waals surface area (Å²) in [5.41, 5.74) is 2.94. The lowest BCUT2D eigenvalue weighted by Gasteiger charge is -2.40. The molecule has 0 radical (unpaired) electrons. The molecule has 0 aliphatic carbocycles. The highest BCUT2D eigenvalue weighted by atomic mass is 15.3. The number of hydrogen-bond acceptors (Lipinski definition) is 3. The lowest BCUT2D eigenvalue weighted by molar-refractivity contribution is 0.230. The Labute approximate surface area is 129 Å². The molecule has 2 unspecified atom stereocenters. The van der Waals surface area contributed by atoms with Gasteiger partial charge in [0.2, 0.25) is 0 Å². The van der Waals surface area contributed by atoms with Gasteiger partial charge in [0, 0.05) is 37.4 Å². The Bertz CT molecular complexity index is 460. The smallest absolute Gasteiger partial charge is 0.0415 e. The van der Waals surface area contributed by atoms with E-state index in [-0.39, 0.29) is 0 Å². The van der Waals surface area contributed by atoms with Gasteiger partial charge < -0.3 is 10.2 Å². The molecule has 0 spiro atoms. The number of rotatable bonds is 5. The van der Waals surface area contributed by atoms with Gasteiger partial charge in [-0.1, -0.05) is 32.0 Å². The van der Waals surface area contributed by atoms with Crippen LogP contribution in [0.25, 0.3) is 0 Å². The van der Waals surface area contributed by atoms with E-state index in [1.165, 1.54) is 50.3 Å². The number of fused-ring (bicyclic) bond motifs is 1. The summed E-state index contributed by atoms with van der Waals surface area (Å²) in [5, 5.41) is 3.64. The van der Waals surface area contributed by atoms with E-state index in [2.05, 4.69) is 53.2 Å². The summed E-state index contributed by atoms with van der Waals surface area (Å²) in [5.74, 6) is 0. The summed E-state index contributed by atoms with van der Waals surface area (Å²) in [6.45, 7) is 10.4. The zero-order chi connectivity index (χ0) is 14.7. The molecular formula is C18H29N3. The fourth-order valence-electron chi connectivity index (χ4n) is 4.00. The highest BCUT2D eigenvalue weighted by Gasteiger charge is 2.31. The van der Waals surface area contributed by atoms with E-state index in [0.29, 0.717) is 6.04 Å². The first-order valence-electron chi connectivity index (χ1n) is 8.64. The van der Waals surface area contributed by atoms with Gasteiger partial charge in [-0.2, -0.15) is 0 Å². The molecule has 2 aliphatic rings. The Kier molecular flexibility index (Phi) is 4.81. The van der Waals surface area contributed by atoms with E-state index in [1.54, 1.807) is 0 Å². The molecule has 2 aliphatic heterocycles. The molecule has 0 aromatic heterocycles. The largest absolute Gasteiger partial charge is 0.368 e. The van der Waals surface area contributed by atoms with E-state index in [4.69, 9.17) is 0 Å². The van der Waals surface area contributed by atoms with Crippen LogP contribution >= 0.6 is 0 Å². The van der Waals surface area contributed by atoms with Crippen LogP contribution in [0.4, 0.5) is 5.69 Å². The van der Waals surface area contributed by atoms with Gasteiger partial charge in [-0.25, -0.2) is 0 Å². The normalized spacial score (nSPS) is 24.1. The van der Waals surface area contributed by atoms with Crippen LogP contribution in [0.5, 0.6) is 0 Å².